The van der Waals surface area contributed by atoms with E-state index in [9.17, 15) is 22.8 Å². The number of halogens is 1. The predicted octanol–water partition coefficient (Wildman–Crippen LogP) is 3.44. The zero-order valence-electron chi connectivity index (χ0n) is 26.9. The SMILES string of the molecule is CS(=O)(=O)N[C@H](CCC1CCNCC1)C(=O)N1C[C@H](OCc2ccc(Cl)cc2)C[C@H]1C(=O)N[C@H](C(=O)c1nc2ccccc2o1)C1CC1. The lowest BCUT2D eigenvalue weighted by Gasteiger charge is -2.30. The number of amides is 2. The number of piperidine rings is 1. The van der Waals surface area contributed by atoms with Crippen molar-refractivity contribution in [2.24, 2.45) is 11.8 Å². The van der Waals surface area contributed by atoms with Gasteiger partial charge >= 0.3 is 0 Å². The van der Waals surface area contributed by atoms with Crippen LogP contribution in [-0.2, 0) is 31.0 Å². The largest absolute Gasteiger partial charge is 0.434 e. The second kappa shape index (κ2) is 15.0. The second-order valence-corrected chi connectivity index (χ2v) is 15.4. The summed E-state index contributed by atoms with van der Waals surface area (Å²) in [5.41, 5.74) is 1.90. The maximum Gasteiger partial charge on any atom is 0.266 e. The van der Waals surface area contributed by atoms with Crippen molar-refractivity contribution in [2.45, 2.75) is 75.8 Å². The molecule has 0 bridgehead atoms. The topological polar surface area (TPSA) is 160 Å². The Balaban J connectivity index is 1.21. The third kappa shape index (κ3) is 8.80. The van der Waals surface area contributed by atoms with E-state index < -0.39 is 51.9 Å². The fraction of sp³-hybridized carbons (Fsp3) is 0.529. The van der Waals surface area contributed by atoms with Crippen molar-refractivity contribution in [1.29, 1.82) is 0 Å². The monoisotopic (exact) mass is 699 g/mol. The third-order valence-electron chi connectivity index (χ3n) is 9.40. The molecule has 6 rings (SSSR count). The van der Waals surface area contributed by atoms with Crippen LogP contribution in [0.25, 0.3) is 11.1 Å². The van der Waals surface area contributed by atoms with Gasteiger partial charge < -0.3 is 24.7 Å². The van der Waals surface area contributed by atoms with Crippen LogP contribution in [0.15, 0.2) is 52.9 Å². The van der Waals surface area contributed by atoms with E-state index in [0.717, 1.165) is 50.6 Å². The van der Waals surface area contributed by atoms with Crippen molar-refractivity contribution in [3.8, 4) is 0 Å². The highest BCUT2D eigenvalue weighted by molar-refractivity contribution is 7.88. The number of para-hydroxylation sites is 2. The Morgan fingerprint density at radius 1 is 1.08 bits per heavy atom. The molecule has 2 amide bonds. The van der Waals surface area contributed by atoms with Gasteiger partial charge in [0, 0.05) is 18.0 Å². The number of carbonyl (C=O) groups is 3. The molecule has 3 aromatic rings. The summed E-state index contributed by atoms with van der Waals surface area (Å²) in [6, 6.07) is 11.4. The van der Waals surface area contributed by atoms with Crippen molar-refractivity contribution < 1.29 is 32.0 Å². The number of nitrogens with zero attached hydrogens (tertiary/aromatic N) is 2. The minimum Gasteiger partial charge on any atom is -0.434 e. The lowest BCUT2D eigenvalue weighted by Crippen LogP contribution is -2.55. The molecule has 12 nitrogen and oxygen atoms in total. The molecule has 3 heterocycles. The molecule has 3 fully saturated rings. The molecule has 0 radical (unpaired) electrons. The van der Waals surface area contributed by atoms with Gasteiger partial charge in [0.25, 0.3) is 5.89 Å². The summed E-state index contributed by atoms with van der Waals surface area (Å²) in [7, 11) is -3.74. The Bertz CT molecular complexity index is 1690. The van der Waals surface area contributed by atoms with Gasteiger partial charge in [-0.25, -0.2) is 18.1 Å². The number of sulfonamides is 1. The standard InChI is InChI=1S/C34H42ClN5O7S/c1-48(44,45)39-27(13-8-21-14-16-36-17-15-21)34(43)40-19-25(46-20-22-6-11-24(35)12-7-22)18-28(40)32(42)38-30(23-9-10-23)31(41)33-37-26-4-2-3-5-29(26)47-33/h2-7,11-12,21,23,25,27-28,30,36,39H,8-10,13-20H2,1H3,(H,38,42)/t25-,27-,28+,30+/m1/s1. The van der Waals surface area contributed by atoms with E-state index in [1.807, 2.05) is 12.1 Å². The van der Waals surface area contributed by atoms with Crippen molar-refractivity contribution in [3.05, 3.63) is 65.0 Å². The first kappa shape index (κ1) is 34.5. The average molecular weight is 700 g/mol. The van der Waals surface area contributed by atoms with E-state index >= 15 is 0 Å². The maximum absolute atomic E-state index is 14.2. The number of oxazole rings is 1. The molecule has 0 unspecified atom stereocenters. The van der Waals surface area contributed by atoms with Gasteiger partial charge in [0.2, 0.25) is 27.6 Å². The minimum atomic E-state index is -3.74. The number of nitrogens with one attached hydrogen (secondary N) is 3. The van der Waals surface area contributed by atoms with Gasteiger partial charge in [-0.15, -0.1) is 0 Å². The Morgan fingerprint density at radius 3 is 2.50 bits per heavy atom. The molecule has 1 saturated carbocycles. The molecule has 4 atom stereocenters. The van der Waals surface area contributed by atoms with Crippen molar-refractivity contribution in [1.82, 2.24) is 25.2 Å². The molecule has 48 heavy (non-hydrogen) atoms. The van der Waals surface area contributed by atoms with E-state index in [2.05, 4.69) is 20.3 Å². The number of hydrogen-bond acceptors (Lipinski definition) is 9. The molecular weight excluding hydrogens is 658 g/mol. The number of aromatic nitrogens is 1. The van der Waals surface area contributed by atoms with Crippen LogP contribution < -0.4 is 15.4 Å². The predicted molar refractivity (Wildman–Crippen MR) is 180 cm³/mol. The van der Waals surface area contributed by atoms with E-state index in [4.69, 9.17) is 20.8 Å². The summed E-state index contributed by atoms with van der Waals surface area (Å²) in [5, 5.41) is 6.84. The van der Waals surface area contributed by atoms with Crippen LogP contribution in [0.5, 0.6) is 0 Å². The number of carbonyl (C=O) groups excluding carboxylic acids is 3. The highest BCUT2D eigenvalue weighted by Gasteiger charge is 2.46. The summed E-state index contributed by atoms with van der Waals surface area (Å²) in [6.07, 6.45) is 5.10. The highest BCUT2D eigenvalue weighted by Crippen LogP contribution is 2.35. The van der Waals surface area contributed by atoms with E-state index in [1.54, 1.807) is 36.4 Å². The Hall–Kier alpha value is -3.36. The van der Waals surface area contributed by atoms with Gasteiger partial charge in [-0.1, -0.05) is 35.9 Å². The molecule has 2 aromatic carbocycles. The number of ether oxygens (including phenoxy) is 1. The third-order valence-corrected chi connectivity index (χ3v) is 10.4. The van der Waals surface area contributed by atoms with Crippen LogP contribution in [0.1, 0.15) is 61.2 Å². The van der Waals surface area contributed by atoms with Crippen molar-refractivity contribution >= 4 is 50.3 Å². The van der Waals surface area contributed by atoms with E-state index in [1.165, 1.54) is 4.90 Å². The zero-order valence-corrected chi connectivity index (χ0v) is 28.5. The van der Waals surface area contributed by atoms with Crippen LogP contribution in [0.2, 0.25) is 5.02 Å². The molecule has 2 aliphatic heterocycles. The number of rotatable bonds is 14. The highest BCUT2D eigenvalue weighted by atomic mass is 35.5. The quantitative estimate of drug-likeness (QED) is 0.214. The average Bonchev–Trinajstić information content (AvgIpc) is 3.67. The number of likely N-dealkylation sites (tertiary alicyclic amines) is 1. The number of benzene rings is 2. The van der Waals surface area contributed by atoms with Crippen LogP contribution in [-0.4, -0.2) is 86.0 Å². The molecule has 1 aliphatic carbocycles. The summed E-state index contributed by atoms with van der Waals surface area (Å²) >= 11 is 6.03. The van der Waals surface area contributed by atoms with Crippen LogP contribution in [0, 0.1) is 11.8 Å². The summed E-state index contributed by atoms with van der Waals surface area (Å²) in [4.78, 5) is 47.7. The number of ketones is 1. The van der Waals surface area contributed by atoms with E-state index in [0.29, 0.717) is 34.9 Å². The van der Waals surface area contributed by atoms with Crippen molar-refractivity contribution in [3.63, 3.8) is 0 Å². The summed E-state index contributed by atoms with van der Waals surface area (Å²) in [6.45, 7) is 2.09. The van der Waals surface area contributed by atoms with Crippen LogP contribution >= 0.6 is 11.6 Å². The van der Waals surface area contributed by atoms with Crippen LogP contribution in [0.3, 0.4) is 0 Å². The lowest BCUT2D eigenvalue weighted by atomic mass is 9.91. The molecular formula is C34H42ClN5O7S. The zero-order chi connectivity index (χ0) is 33.8. The Labute approximate surface area is 285 Å². The Morgan fingerprint density at radius 2 is 1.81 bits per heavy atom. The fourth-order valence-electron chi connectivity index (χ4n) is 6.66. The molecule has 1 aromatic heterocycles. The van der Waals surface area contributed by atoms with Crippen molar-refractivity contribution in [2.75, 3.05) is 25.9 Å². The number of fused-ring (bicyclic) bond motifs is 1. The minimum absolute atomic E-state index is 0.0766. The van der Waals surface area contributed by atoms with Gasteiger partial charge in [-0.3, -0.25) is 14.4 Å². The van der Waals surface area contributed by atoms with E-state index in [-0.39, 0.29) is 31.4 Å². The van der Waals surface area contributed by atoms with Crippen LogP contribution in [0.4, 0.5) is 0 Å². The summed E-state index contributed by atoms with van der Waals surface area (Å²) in [5.74, 6) is -1.20. The van der Waals surface area contributed by atoms with Gasteiger partial charge in [-0.2, -0.15) is 0 Å². The van der Waals surface area contributed by atoms with Gasteiger partial charge in [0.1, 0.15) is 23.6 Å². The normalized spacial score (nSPS) is 21.7. The Kier molecular flexibility index (Phi) is 10.8. The maximum atomic E-state index is 14.2. The van der Waals surface area contributed by atoms with Gasteiger partial charge in [0.15, 0.2) is 5.58 Å². The molecule has 3 aliphatic rings. The molecule has 258 valence electrons. The molecule has 3 N–H and O–H groups in total. The fourth-order valence-corrected chi connectivity index (χ4v) is 7.52. The van der Waals surface area contributed by atoms with Gasteiger partial charge in [0.05, 0.1) is 19.0 Å². The summed E-state index contributed by atoms with van der Waals surface area (Å²) < 4.78 is 39.3. The molecule has 0 spiro atoms. The number of hydrogen-bond donors (Lipinski definition) is 3. The molecule has 2 saturated heterocycles. The smallest absolute Gasteiger partial charge is 0.266 e. The first-order valence-electron chi connectivity index (χ1n) is 16.6. The first-order chi connectivity index (χ1) is 23.0. The molecule has 14 heteroatoms. The first-order valence-corrected chi connectivity index (χ1v) is 18.9. The lowest BCUT2D eigenvalue weighted by molar-refractivity contribution is -0.140. The van der Waals surface area contributed by atoms with Gasteiger partial charge in [-0.05, 0) is 93.3 Å². The number of Topliss-reactive ketones (excluding diaryl/α,β-unsaturated/α-hetero) is 1. The second-order valence-electron chi connectivity index (χ2n) is 13.2.